The maximum atomic E-state index is 13.0. The number of thiophene rings is 1. The number of aryl methyl sites for hydroxylation is 2. The summed E-state index contributed by atoms with van der Waals surface area (Å²) in [6, 6.07) is 0. The van der Waals surface area contributed by atoms with E-state index in [-0.39, 0.29) is 24.5 Å². The zero-order valence-electron chi connectivity index (χ0n) is 13.6. The molecule has 0 saturated heterocycles. The zero-order valence-corrected chi connectivity index (χ0v) is 14.4. The molecule has 24 heavy (non-hydrogen) atoms. The lowest BCUT2D eigenvalue weighted by Gasteiger charge is -2.12. The Hall–Kier alpha value is -2.22. The molecule has 7 nitrogen and oxygen atoms in total. The fraction of sp³-hybridized carbons (Fsp3) is 0.500. The zero-order chi connectivity index (χ0) is 17.3. The van der Waals surface area contributed by atoms with E-state index in [2.05, 4.69) is 9.72 Å². The van der Waals surface area contributed by atoms with Crippen LogP contribution in [0.4, 0.5) is 0 Å². The third kappa shape index (κ3) is 2.82. The number of carbonyl (C=O) groups excluding carboxylic acids is 2. The van der Waals surface area contributed by atoms with Crippen LogP contribution < -0.4 is 5.56 Å². The van der Waals surface area contributed by atoms with Gasteiger partial charge in [-0.15, -0.1) is 11.3 Å². The number of ether oxygens (including phenoxy) is 2. The molecule has 0 aromatic carbocycles. The number of carbonyl (C=O) groups is 2. The molecule has 0 radical (unpaired) electrons. The maximum Gasteiger partial charge on any atom is 0.374 e. The number of hydrogen-bond donors (Lipinski definition) is 0. The minimum atomic E-state index is -0.716. The van der Waals surface area contributed by atoms with Gasteiger partial charge in [-0.3, -0.25) is 14.2 Å². The van der Waals surface area contributed by atoms with E-state index in [1.54, 1.807) is 6.92 Å². The molecular weight excluding hydrogens is 332 g/mol. The molecule has 0 N–H and O–H groups in total. The third-order valence-corrected chi connectivity index (χ3v) is 5.23. The van der Waals surface area contributed by atoms with Crippen molar-refractivity contribution in [3.8, 4) is 0 Å². The standard InChI is InChI=1S/C16H18N2O5S/c1-3-23-16(21)13-17-14-12(9-6-4-5-7-10(9)24-14)15(20)18(13)8-11(19)22-2/h3-8H2,1-2H3. The molecule has 3 rings (SSSR count). The summed E-state index contributed by atoms with van der Waals surface area (Å²) in [6.07, 6.45) is 3.85. The van der Waals surface area contributed by atoms with Gasteiger partial charge in [0, 0.05) is 4.88 Å². The molecule has 0 aliphatic heterocycles. The Morgan fingerprint density at radius 1 is 1.29 bits per heavy atom. The molecular formula is C16H18N2O5S. The van der Waals surface area contributed by atoms with Crippen LogP contribution in [0.3, 0.4) is 0 Å². The van der Waals surface area contributed by atoms with Gasteiger partial charge in [-0.1, -0.05) is 0 Å². The smallest absolute Gasteiger partial charge is 0.374 e. The summed E-state index contributed by atoms with van der Waals surface area (Å²) in [7, 11) is 1.23. The summed E-state index contributed by atoms with van der Waals surface area (Å²) in [5.41, 5.74) is 0.626. The van der Waals surface area contributed by atoms with Crippen molar-refractivity contribution < 1.29 is 19.1 Å². The molecule has 2 aromatic heterocycles. The predicted molar refractivity (Wildman–Crippen MR) is 88.5 cm³/mol. The molecule has 1 aliphatic rings. The fourth-order valence-corrected chi connectivity index (χ4v) is 4.18. The van der Waals surface area contributed by atoms with Crippen LogP contribution >= 0.6 is 11.3 Å². The van der Waals surface area contributed by atoms with Gasteiger partial charge in [0.2, 0.25) is 5.82 Å². The SMILES string of the molecule is CCOC(=O)c1nc2sc3c(c2c(=O)n1CC(=O)OC)CCCC3. The Kier molecular flexibility index (Phi) is 4.66. The van der Waals surface area contributed by atoms with Crippen molar-refractivity contribution >= 4 is 33.5 Å². The molecule has 2 aromatic rings. The van der Waals surface area contributed by atoms with Gasteiger partial charge in [0.15, 0.2) is 0 Å². The fourth-order valence-electron chi connectivity index (χ4n) is 2.93. The van der Waals surface area contributed by atoms with Crippen molar-refractivity contribution in [1.29, 1.82) is 0 Å². The van der Waals surface area contributed by atoms with Crippen LogP contribution in [0.5, 0.6) is 0 Å². The van der Waals surface area contributed by atoms with Crippen molar-refractivity contribution in [3.63, 3.8) is 0 Å². The third-order valence-electron chi connectivity index (χ3n) is 4.05. The summed E-state index contributed by atoms with van der Waals surface area (Å²) in [4.78, 5) is 42.8. The second kappa shape index (κ2) is 6.72. The van der Waals surface area contributed by atoms with Gasteiger partial charge in [0.25, 0.3) is 5.56 Å². The first-order valence-corrected chi connectivity index (χ1v) is 8.67. The van der Waals surface area contributed by atoms with E-state index in [0.717, 1.165) is 40.7 Å². The second-order valence-corrected chi connectivity index (χ2v) is 6.60. The molecule has 8 heteroatoms. The Labute approximate surface area is 142 Å². The lowest BCUT2D eigenvalue weighted by Crippen LogP contribution is -2.32. The largest absolute Gasteiger partial charge is 0.468 e. The van der Waals surface area contributed by atoms with Crippen LogP contribution in [0, 0.1) is 0 Å². The summed E-state index contributed by atoms with van der Waals surface area (Å²) >= 11 is 1.45. The molecule has 0 saturated carbocycles. The van der Waals surface area contributed by atoms with E-state index in [0.29, 0.717) is 10.2 Å². The lowest BCUT2D eigenvalue weighted by molar-refractivity contribution is -0.141. The predicted octanol–water partition coefficient (Wildman–Crippen LogP) is 1.69. The van der Waals surface area contributed by atoms with Crippen molar-refractivity contribution in [2.24, 2.45) is 0 Å². The Bertz CT molecular complexity index is 867. The van der Waals surface area contributed by atoms with Gasteiger partial charge >= 0.3 is 11.9 Å². The summed E-state index contributed by atoms with van der Waals surface area (Å²) in [5.74, 6) is -1.49. The maximum absolute atomic E-state index is 13.0. The first-order chi connectivity index (χ1) is 11.6. The lowest BCUT2D eigenvalue weighted by atomic mass is 9.97. The van der Waals surface area contributed by atoms with Gasteiger partial charge in [0.1, 0.15) is 11.4 Å². The second-order valence-electron chi connectivity index (χ2n) is 5.51. The van der Waals surface area contributed by atoms with Crippen molar-refractivity contribution in [1.82, 2.24) is 9.55 Å². The number of esters is 2. The van der Waals surface area contributed by atoms with Gasteiger partial charge in [-0.25, -0.2) is 9.78 Å². The van der Waals surface area contributed by atoms with Gasteiger partial charge in [-0.05, 0) is 38.2 Å². The molecule has 0 unspecified atom stereocenters. The molecule has 1 aliphatic carbocycles. The number of hydrogen-bond acceptors (Lipinski definition) is 7. The Morgan fingerprint density at radius 3 is 2.75 bits per heavy atom. The highest BCUT2D eigenvalue weighted by Crippen LogP contribution is 2.33. The van der Waals surface area contributed by atoms with Crippen LogP contribution in [-0.4, -0.2) is 35.2 Å². The van der Waals surface area contributed by atoms with E-state index in [1.807, 2.05) is 0 Å². The average Bonchev–Trinajstić information content (AvgIpc) is 2.95. The van der Waals surface area contributed by atoms with Gasteiger partial charge in [0.05, 0.1) is 19.1 Å². The Balaban J connectivity index is 2.24. The van der Waals surface area contributed by atoms with Gasteiger partial charge in [-0.2, -0.15) is 0 Å². The topological polar surface area (TPSA) is 87.5 Å². The first-order valence-electron chi connectivity index (χ1n) is 7.85. The monoisotopic (exact) mass is 350 g/mol. The summed E-state index contributed by atoms with van der Waals surface area (Å²) < 4.78 is 10.7. The molecule has 0 fully saturated rings. The summed E-state index contributed by atoms with van der Waals surface area (Å²) in [6.45, 7) is 1.46. The highest BCUT2D eigenvalue weighted by Gasteiger charge is 2.25. The molecule has 2 heterocycles. The molecule has 0 atom stereocenters. The van der Waals surface area contributed by atoms with Gasteiger partial charge < -0.3 is 9.47 Å². The van der Waals surface area contributed by atoms with Crippen LogP contribution in [-0.2, 0) is 33.7 Å². The van der Waals surface area contributed by atoms with Crippen molar-refractivity contribution in [2.45, 2.75) is 39.2 Å². The van der Waals surface area contributed by atoms with E-state index in [9.17, 15) is 14.4 Å². The van der Waals surface area contributed by atoms with Crippen molar-refractivity contribution in [2.75, 3.05) is 13.7 Å². The molecule has 0 spiro atoms. The normalized spacial score (nSPS) is 13.6. The molecule has 0 amide bonds. The van der Waals surface area contributed by atoms with E-state index in [1.165, 1.54) is 18.4 Å². The van der Waals surface area contributed by atoms with E-state index < -0.39 is 11.9 Å². The first kappa shape index (κ1) is 16.6. The quantitative estimate of drug-likeness (QED) is 0.780. The van der Waals surface area contributed by atoms with Crippen LogP contribution in [0.15, 0.2) is 4.79 Å². The number of methoxy groups -OCH3 is 1. The summed E-state index contributed by atoms with van der Waals surface area (Å²) in [5, 5.41) is 0.520. The highest BCUT2D eigenvalue weighted by atomic mass is 32.1. The number of fused-ring (bicyclic) bond motifs is 3. The van der Waals surface area contributed by atoms with E-state index in [4.69, 9.17) is 4.74 Å². The molecule has 128 valence electrons. The van der Waals surface area contributed by atoms with Crippen molar-refractivity contribution in [3.05, 3.63) is 26.6 Å². The van der Waals surface area contributed by atoms with Crippen LogP contribution in [0.1, 0.15) is 40.8 Å². The minimum absolute atomic E-state index is 0.154. The van der Waals surface area contributed by atoms with Crippen LogP contribution in [0.2, 0.25) is 0 Å². The Morgan fingerprint density at radius 2 is 2.04 bits per heavy atom. The van der Waals surface area contributed by atoms with E-state index >= 15 is 0 Å². The number of nitrogens with zero attached hydrogens (tertiary/aromatic N) is 2. The average molecular weight is 350 g/mol. The minimum Gasteiger partial charge on any atom is -0.468 e. The number of rotatable bonds is 4. The highest BCUT2D eigenvalue weighted by molar-refractivity contribution is 7.18. The van der Waals surface area contributed by atoms with Crippen LogP contribution in [0.25, 0.3) is 10.2 Å². The number of aromatic nitrogens is 2. The molecule has 0 bridgehead atoms.